The Bertz CT molecular complexity index is 795. The van der Waals surface area contributed by atoms with Crippen LogP contribution in [0.25, 0.3) is 10.6 Å². The quantitative estimate of drug-likeness (QED) is 0.732. The summed E-state index contributed by atoms with van der Waals surface area (Å²) in [7, 11) is 1.61. The van der Waals surface area contributed by atoms with E-state index in [4.69, 9.17) is 9.47 Å². The average Bonchev–Trinajstić information content (AvgIpc) is 3.18. The topological polar surface area (TPSA) is 68.7 Å². The van der Waals surface area contributed by atoms with Gasteiger partial charge in [0.2, 0.25) is 0 Å². The molecule has 1 amide bonds. The van der Waals surface area contributed by atoms with Crippen molar-refractivity contribution in [2.45, 2.75) is 32.8 Å². The molecule has 1 atom stereocenters. The largest absolute Gasteiger partial charge is 0.497 e. The van der Waals surface area contributed by atoms with E-state index in [9.17, 15) is 9.59 Å². The molecule has 0 bridgehead atoms. The second-order valence-corrected chi connectivity index (χ2v) is 7.68. The Hall–Kier alpha value is -2.41. The zero-order valence-electron chi connectivity index (χ0n) is 15.8. The third kappa shape index (κ3) is 4.66. The van der Waals surface area contributed by atoms with Gasteiger partial charge in [-0.1, -0.05) is 6.92 Å². The van der Waals surface area contributed by atoms with Crippen LogP contribution in [-0.2, 0) is 9.53 Å². The monoisotopic (exact) mass is 388 g/mol. The number of benzene rings is 1. The van der Waals surface area contributed by atoms with E-state index in [-0.39, 0.29) is 11.6 Å². The van der Waals surface area contributed by atoms with E-state index in [0.29, 0.717) is 10.9 Å². The van der Waals surface area contributed by atoms with Crippen molar-refractivity contribution in [2.24, 2.45) is 5.92 Å². The fourth-order valence-corrected chi connectivity index (χ4v) is 3.79. The Labute approximate surface area is 163 Å². The van der Waals surface area contributed by atoms with E-state index < -0.39 is 12.1 Å². The first-order chi connectivity index (χ1) is 13.0. The predicted molar refractivity (Wildman–Crippen MR) is 104 cm³/mol. The highest BCUT2D eigenvalue weighted by atomic mass is 32.1. The highest BCUT2D eigenvalue weighted by molar-refractivity contribution is 7.13. The fraction of sp³-hybridized carbons (Fsp3) is 0.450. The maximum atomic E-state index is 12.5. The summed E-state index contributed by atoms with van der Waals surface area (Å²) >= 11 is 1.36. The van der Waals surface area contributed by atoms with Gasteiger partial charge in [0.1, 0.15) is 10.8 Å². The number of carbonyl (C=O) groups is 2. The lowest BCUT2D eigenvalue weighted by Crippen LogP contribution is -2.44. The molecule has 27 heavy (non-hydrogen) atoms. The number of methoxy groups -OCH3 is 1. The number of hydrogen-bond acceptors (Lipinski definition) is 6. The van der Waals surface area contributed by atoms with E-state index in [1.807, 2.05) is 24.3 Å². The SMILES string of the molecule is COc1ccc(-c2nc(C(=O)OC(C)C(=O)N3CCC(C)CC3)cs2)cc1. The van der Waals surface area contributed by atoms with Gasteiger partial charge in [-0.3, -0.25) is 4.79 Å². The number of amides is 1. The summed E-state index contributed by atoms with van der Waals surface area (Å²) in [5, 5.41) is 2.37. The summed E-state index contributed by atoms with van der Waals surface area (Å²) < 4.78 is 10.5. The third-order valence-corrected chi connectivity index (χ3v) is 5.67. The summed E-state index contributed by atoms with van der Waals surface area (Å²) in [6.07, 6.45) is 1.17. The van der Waals surface area contributed by atoms with E-state index in [1.165, 1.54) is 11.3 Å². The van der Waals surface area contributed by atoms with Gasteiger partial charge >= 0.3 is 5.97 Å². The molecule has 7 heteroatoms. The number of likely N-dealkylation sites (tertiary alicyclic amines) is 1. The molecule has 1 aromatic carbocycles. The van der Waals surface area contributed by atoms with E-state index in [1.54, 1.807) is 24.3 Å². The number of hydrogen-bond donors (Lipinski definition) is 0. The maximum Gasteiger partial charge on any atom is 0.358 e. The summed E-state index contributed by atoms with van der Waals surface area (Å²) in [4.78, 5) is 31.0. The van der Waals surface area contributed by atoms with Crippen molar-refractivity contribution in [3.8, 4) is 16.3 Å². The third-order valence-electron chi connectivity index (χ3n) is 4.78. The van der Waals surface area contributed by atoms with Crippen LogP contribution in [0, 0.1) is 5.92 Å². The van der Waals surface area contributed by atoms with Gasteiger partial charge in [-0.2, -0.15) is 0 Å². The molecule has 0 saturated carbocycles. The Kier molecular flexibility index (Phi) is 6.11. The van der Waals surface area contributed by atoms with Crippen LogP contribution in [0.2, 0.25) is 0 Å². The van der Waals surface area contributed by atoms with E-state index >= 15 is 0 Å². The molecular formula is C20H24N2O4S. The highest BCUT2D eigenvalue weighted by Gasteiger charge is 2.27. The molecule has 1 aliphatic rings. The molecule has 6 nitrogen and oxygen atoms in total. The lowest BCUT2D eigenvalue weighted by Gasteiger charge is -2.31. The molecule has 1 aliphatic heterocycles. The van der Waals surface area contributed by atoms with Gasteiger partial charge in [-0.25, -0.2) is 9.78 Å². The van der Waals surface area contributed by atoms with Gasteiger partial charge in [-0.15, -0.1) is 11.3 Å². The molecule has 0 N–H and O–H groups in total. The van der Waals surface area contributed by atoms with Crippen molar-refractivity contribution in [1.82, 2.24) is 9.88 Å². The summed E-state index contributed by atoms with van der Waals surface area (Å²) in [5.41, 5.74) is 1.11. The molecule has 0 radical (unpaired) electrons. The van der Waals surface area contributed by atoms with Crippen LogP contribution in [0.3, 0.4) is 0 Å². The molecular weight excluding hydrogens is 364 g/mol. The van der Waals surface area contributed by atoms with Crippen LogP contribution in [0.4, 0.5) is 0 Å². The molecule has 1 saturated heterocycles. The van der Waals surface area contributed by atoms with Gasteiger partial charge in [0, 0.05) is 24.0 Å². The molecule has 144 valence electrons. The average molecular weight is 388 g/mol. The van der Waals surface area contributed by atoms with Gasteiger partial charge in [0.05, 0.1) is 7.11 Å². The fourth-order valence-electron chi connectivity index (χ4n) is 2.99. The number of aromatic nitrogens is 1. The van der Waals surface area contributed by atoms with Gasteiger partial charge < -0.3 is 14.4 Å². The van der Waals surface area contributed by atoms with Crippen LogP contribution in [0.5, 0.6) is 5.75 Å². The summed E-state index contributed by atoms with van der Waals surface area (Å²) in [6, 6.07) is 7.45. The number of ether oxygens (including phenoxy) is 2. The second kappa shape index (κ2) is 8.52. The molecule has 2 heterocycles. The van der Waals surface area contributed by atoms with Crippen LogP contribution in [-0.4, -0.2) is 48.1 Å². The Morgan fingerprint density at radius 1 is 1.22 bits per heavy atom. The molecule has 0 spiro atoms. The van der Waals surface area contributed by atoms with Crippen molar-refractivity contribution in [3.63, 3.8) is 0 Å². The number of piperidine rings is 1. The van der Waals surface area contributed by atoms with Crippen LogP contribution in [0.1, 0.15) is 37.2 Å². The van der Waals surface area contributed by atoms with E-state index in [2.05, 4.69) is 11.9 Å². The normalized spacial score (nSPS) is 16.0. The van der Waals surface area contributed by atoms with Crippen molar-refractivity contribution in [1.29, 1.82) is 0 Å². The zero-order valence-corrected chi connectivity index (χ0v) is 16.6. The number of esters is 1. The van der Waals surface area contributed by atoms with Gasteiger partial charge in [0.25, 0.3) is 5.91 Å². The van der Waals surface area contributed by atoms with Crippen LogP contribution >= 0.6 is 11.3 Å². The Morgan fingerprint density at radius 2 is 1.89 bits per heavy atom. The minimum Gasteiger partial charge on any atom is -0.497 e. The summed E-state index contributed by atoms with van der Waals surface area (Å²) in [5.74, 6) is 0.686. The molecule has 1 fully saturated rings. The lowest BCUT2D eigenvalue weighted by molar-refractivity contribution is -0.141. The number of nitrogens with zero attached hydrogens (tertiary/aromatic N) is 2. The predicted octanol–water partition coefficient (Wildman–Crippen LogP) is 3.62. The number of rotatable bonds is 5. The molecule has 0 aliphatic carbocycles. The lowest BCUT2D eigenvalue weighted by atomic mass is 9.99. The molecule has 1 aromatic heterocycles. The minimum atomic E-state index is -0.808. The van der Waals surface area contributed by atoms with Crippen LogP contribution < -0.4 is 4.74 Å². The van der Waals surface area contributed by atoms with Crippen molar-refractivity contribution < 1.29 is 19.1 Å². The first-order valence-electron chi connectivity index (χ1n) is 9.07. The van der Waals surface area contributed by atoms with Crippen molar-refractivity contribution in [3.05, 3.63) is 35.3 Å². The minimum absolute atomic E-state index is 0.138. The number of carbonyl (C=O) groups excluding carboxylic acids is 2. The maximum absolute atomic E-state index is 12.5. The molecule has 1 unspecified atom stereocenters. The Balaban J connectivity index is 1.60. The molecule has 3 rings (SSSR count). The summed E-state index contributed by atoms with van der Waals surface area (Å²) in [6.45, 7) is 5.25. The van der Waals surface area contributed by atoms with Gasteiger partial charge in [0.15, 0.2) is 11.8 Å². The number of thiazole rings is 1. The highest BCUT2D eigenvalue weighted by Crippen LogP contribution is 2.26. The smallest absolute Gasteiger partial charge is 0.358 e. The van der Waals surface area contributed by atoms with Crippen LogP contribution in [0.15, 0.2) is 29.6 Å². The Morgan fingerprint density at radius 3 is 2.52 bits per heavy atom. The molecule has 2 aromatic rings. The second-order valence-electron chi connectivity index (χ2n) is 6.82. The first kappa shape index (κ1) is 19.4. The standard InChI is InChI=1S/C20H24N2O4S/c1-13-8-10-22(11-9-13)19(23)14(2)26-20(24)17-12-27-18(21-17)15-4-6-16(25-3)7-5-15/h4-7,12-14H,8-11H2,1-3H3. The van der Waals surface area contributed by atoms with Crippen molar-refractivity contribution in [2.75, 3.05) is 20.2 Å². The first-order valence-corrected chi connectivity index (χ1v) is 9.95. The zero-order chi connectivity index (χ0) is 19.4. The van der Waals surface area contributed by atoms with E-state index in [0.717, 1.165) is 37.2 Å². The van der Waals surface area contributed by atoms with Gasteiger partial charge in [-0.05, 0) is 49.9 Å². The van der Waals surface area contributed by atoms with Crippen molar-refractivity contribution >= 4 is 23.2 Å².